The highest BCUT2D eigenvalue weighted by molar-refractivity contribution is 5.98. The molecule has 1 fully saturated rings. The van der Waals surface area contributed by atoms with Crippen molar-refractivity contribution in [2.24, 2.45) is 11.8 Å². The predicted molar refractivity (Wildman–Crippen MR) is 90.5 cm³/mol. The Morgan fingerprint density at radius 1 is 1.17 bits per heavy atom. The van der Waals surface area contributed by atoms with Crippen LogP contribution in [0.2, 0.25) is 0 Å². The van der Waals surface area contributed by atoms with E-state index in [1.807, 2.05) is 13.8 Å². The molecule has 1 saturated carbocycles. The molecule has 24 heavy (non-hydrogen) atoms. The average molecular weight is 332 g/mol. The Morgan fingerprint density at radius 3 is 2.29 bits per heavy atom. The Labute approximate surface area is 142 Å². The summed E-state index contributed by atoms with van der Waals surface area (Å²) in [5.74, 6) is -0.398. The van der Waals surface area contributed by atoms with Crippen molar-refractivity contribution < 1.29 is 19.1 Å². The Bertz CT molecular complexity index is 606. The minimum atomic E-state index is -0.670. The number of anilines is 1. The second-order valence-corrected chi connectivity index (χ2v) is 6.52. The van der Waals surface area contributed by atoms with Crippen LogP contribution in [-0.4, -0.2) is 30.9 Å². The third-order valence-corrected chi connectivity index (χ3v) is 3.86. The summed E-state index contributed by atoms with van der Waals surface area (Å²) in [6, 6.07) is 5.95. The van der Waals surface area contributed by atoms with Crippen molar-refractivity contribution in [3.05, 3.63) is 29.8 Å². The lowest BCUT2D eigenvalue weighted by Gasteiger charge is -2.18. The highest BCUT2D eigenvalue weighted by atomic mass is 16.5. The van der Waals surface area contributed by atoms with Crippen LogP contribution in [-0.2, 0) is 14.3 Å². The molecule has 6 nitrogen and oxygen atoms in total. The molecule has 0 heterocycles. The number of carbonyl (C=O) groups is 3. The van der Waals surface area contributed by atoms with Gasteiger partial charge in [0.2, 0.25) is 5.91 Å². The lowest BCUT2D eigenvalue weighted by atomic mass is 10.0. The first-order valence-corrected chi connectivity index (χ1v) is 8.20. The maximum absolute atomic E-state index is 12.3. The molecule has 0 spiro atoms. The number of hydrogen-bond acceptors (Lipinski definition) is 4. The van der Waals surface area contributed by atoms with E-state index in [0.717, 1.165) is 12.8 Å². The summed E-state index contributed by atoms with van der Waals surface area (Å²) in [5, 5.41) is 5.52. The van der Waals surface area contributed by atoms with Crippen LogP contribution in [0.25, 0.3) is 0 Å². The van der Waals surface area contributed by atoms with Gasteiger partial charge in [0.05, 0.1) is 7.11 Å². The van der Waals surface area contributed by atoms with Crippen LogP contribution in [0.5, 0.6) is 0 Å². The number of carbonyl (C=O) groups excluding carboxylic acids is 3. The average Bonchev–Trinajstić information content (AvgIpc) is 3.38. The molecule has 0 aromatic heterocycles. The number of methoxy groups -OCH3 is 1. The van der Waals surface area contributed by atoms with Gasteiger partial charge in [0.1, 0.15) is 6.04 Å². The molecular weight excluding hydrogens is 308 g/mol. The minimum Gasteiger partial charge on any atom is -0.467 e. The van der Waals surface area contributed by atoms with Crippen molar-refractivity contribution in [1.29, 1.82) is 0 Å². The molecule has 1 atom stereocenters. The van der Waals surface area contributed by atoms with Gasteiger partial charge in [0.25, 0.3) is 5.91 Å². The van der Waals surface area contributed by atoms with Crippen molar-refractivity contribution >= 4 is 23.5 Å². The monoisotopic (exact) mass is 332 g/mol. The summed E-state index contributed by atoms with van der Waals surface area (Å²) in [4.78, 5) is 35.8. The van der Waals surface area contributed by atoms with Crippen LogP contribution in [0.3, 0.4) is 0 Å². The number of ether oxygens (including phenoxy) is 1. The molecule has 1 aromatic rings. The summed E-state index contributed by atoms with van der Waals surface area (Å²) in [6.07, 6.45) is 2.39. The summed E-state index contributed by atoms with van der Waals surface area (Å²) < 4.78 is 4.74. The highest BCUT2D eigenvalue weighted by Crippen LogP contribution is 2.30. The normalized spacial score (nSPS) is 14.8. The van der Waals surface area contributed by atoms with Crippen LogP contribution in [0, 0.1) is 11.8 Å². The van der Waals surface area contributed by atoms with Gasteiger partial charge in [-0.3, -0.25) is 9.59 Å². The smallest absolute Gasteiger partial charge is 0.328 e. The fourth-order valence-corrected chi connectivity index (χ4v) is 2.36. The van der Waals surface area contributed by atoms with E-state index >= 15 is 0 Å². The summed E-state index contributed by atoms with van der Waals surface area (Å²) in [5.41, 5.74) is 1.09. The van der Waals surface area contributed by atoms with Gasteiger partial charge in [-0.05, 0) is 49.4 Å². The second-order valence-electron chi connectivity index (χ2n) is 6.52. The van der Waals surface area contributed by atoms with E-state index in [4.69, 9.17) is 4.74 Å². The molecule has 0 radical (unpaired) electrons. The van der Waals surface area contributed by atoms with Crippen molar-refractivity contribution in [2.45, 2.75) is 39.2 Å². The summed E-state index contributed by atoms with van der Waals surface area (Å²) >= 11 is 0. The van der Waals surface area contributed by atoms with Crippen molar-refractivity contribution in [3.63, 3.8) is 0 Å². The lowest BCUT2D eigenvalue weighted by molar-refractivity contribution is -0.143. The van der Waals surface area contributed by atoms with Gasteiger partial charge in [-0.25, -0.2) is 4.79 Å². The molecule has 1 aliphatic rings. The minimum absolute atomic E-state index is 0.0230. The Hall–Kier alpha value is -2.37. The fraction of sp³-hybridized carbons (Fsp3) is 0.500. The van der Waals surface area contributed by atoms with Gasteiger partial charge in [-0.15, -0.1) is 0 Å². The molecule has 0 saturated heterocycles. The van der Waals surface area contributed by atoms with E-state index in [1.165, 1.54) is 7.11 Å². The highest BCUT2D eigenvalue weighted by Gasteiger charge is 2.29. The van der Waals surface area contributed by atoms with Crippen LogP contribution in [0.1, 0.15) is 43.5 Å². The van der Waals surface area contributed by atoms with Crippen molar-refractivity contribution in [3.8, 4) is 0 Å². The number of benzene rings is 1. The maximum Gasteiger partial charge on any atom is 0.328 e. The molecule has 2 rings (SSSR count). The zero-order chi connectivity index (χ0) is 17.7. The van der Waals surface area contributed by atoms with Gasteiger partial charge in [-0.2, -0.15) is 0 Å². The molecule has 1 unspecified atom stereocenters. The first kappa shape index (κ1) is 18.0. The van der Waals surface area contributed by atoms with Crippen LogP contribution >= 0.6 is 0 Å². The Morgan fingerprint density at radius 2 is 1.79 bits per heavy atom. The molecule has 1 aliphatic carbocycles. The number of nitrogens with one attached hydrogen (secondary N) is 2. The molecule has 2 N–H and O–H groups in total. The lowest BCUT2D eigenvalue weighted by Crippen LogP contribution is -2.42. The molecule has 0 bridgehead atoms. The van der Waals surface area contributed by atoms with Crippen LogP contribution < -0.4 is 10.6 Å². The van der Waals surface area contributed by atoms with E-state index < -0.39 is 12.0 Å². The third-order valence-electron chi connectivity index (χ3n) is 3.86. The van der Waals surface area contributed by atoms with Gasteiger partial charge in [-0.1, -0.05) is 13.8 Å². The quantitative estimate of drug-likeness (QED) is 0.751. The van der Waals surface area contributed by atoms with Crippen LogP contribution in [0.4, 0.5) is 5.69 Å². The van der Waals surface area contributed by atoms with E-state index in [9.17, 15) is 14.4 Å². The van der Waals surface area contributed by atoms with Crippen molar-refractivity contribution in [2.75, 3.05) is 12.4 Å². The number of hydrogen-bond donors (Lipinski definition) is 2. The Kier molecular flexibility index (Phi) is 5.95. The van der Waals surface area contributed by atoms with Crippen LogP contribution in [0.15, 0.2) is 24.3 Å². The van der Waals surface area contributed by atoms with E-state index in [-0.39, 0.29) is 23.7 Å². The van der Waals surface area contributed by atoms with Gasteiger partial charge in [0.15, 0.2) is 0 Å². The predicted octanol–water partition coefficient (Wildman–Crippen LogP) is 2.35. The fourth-order valence-electron chi connectivity index (χ4n) is 2.36. The summed E-state index contributed by atoms with van der Waals surface area (Å²) in [7, 11) is 1.30. The first-order valence-electron chi connectivity index (χ1n) is 8.20. The maximum atomic E-state index is 12.3. The largest absolute Gasteiger partial charge is 0.467 e. The SMILES string of the molecule is COC(=O)C(CC(C)C)NC(=O)c1ccc(NC(=O)C2CC2)cc1. The Balaban J connectivity index is 1.97. The standard InChI is InChI=1S/C18H24N2O4/c1-11(2)10-15(18(23)24-3)20-17(22)13-6-8-14(9-7-13)19-16(21)12-4-5-12/h6-9,11-12,15H,4-5,10H2,1-3H3,(H,19,21)(H,20,22). The number of rotatable bonds is 7. The number of amides is 2. The van der Waals surface area contributed by atoms with E-state index in [1.54, 1.807) is 24.3 Å². The third kappa shape index (κ3) is 5.08. The summed E-state index contributed by atoms with van der Waals surface area (Å²) in [6.45, 7) is 3.94. The molecule has 0 aliphatic heterocycles. The molecular formula is C18H24N2O4. The molecule has 6 heteroatoms. The van der Waals surface area contributed by atoms with E-state index in [0.29, 0.717) is 17.7 Å². The zero-order valence-electron chi connectivity index (χ0n) is 14.3. The second kappa shape index (κ2) is 7.95. The van der Waals surface area contributed by atoms with Crippen molar-refractivity contribution in [1.82, 2.24) is 5.32 Å². The molecule has 130 valence electrons. The van der Waals surface area contributed by atoms with E-state index in [2.05, 4.69) is 10.6 Å². The molecule has 2 amide bonds. The molecule has 1 aromatic carbocycles. The van der Waals surface area contributed by atoms with Gasteiger partial charge >= 0.3 is 5.97 Å². The first-order chi connectivity index (χ1) is 11.4. The zero-order valence-corrected chi connectivity index (χ0v) is 14.3. The topological polar surface area (TPSA) is 84.5 Å². The number of esters is 1. The van der Waals surface area contributed by atoms with Gasteiger partial charge < -0.3 is 15.4 Å². The van der Waals surface area contributed by atoms with Gasteiger partial charge in [0, 0.05) is 17.2 Å².